The van der Waals surface area contributed by atoms with E-state index in [1.807, 2.05) is 0 Å². The number of aromatic amines is 1. The fourth-order valence-corrected chi connectivity index (χ4v) is 1.71. The monoisotopic (exact) mass is 263 g/mol. The Morgan fingerprint density at radius 1 is 1.42 bits per heavy atom. The molecule has 8 heteroatoms. The van der Waals surface area contributed by atoms with Crippen molar-refractivity contribution in [2.75, 3.05) is 24.2 Å². The number of rotatable bonds is 7. The summed E-state index contributed by atoms with van der Waals surface area (Å²) in [6.07, 6.45) is 3.71. The fourth-order valence-electron chi connectivity index (χ4n) is 1.71. The molecule has 8 nitrogen and oxygen atoms in total. The molecule has 1 amide bonds. The molecule has 2 aromatic heterocycles. The Balaban J connectivity index is 1.99. The van der Waals surface area contributed by atoms with Gasteiger partial charge in [-0.15, -0.1) is 0 Å². The molecule has 0 saturated heterocycles. The fraction of sp³-hybridized carbons (Fsp3) is 0.455. The van der Waals surface area contributed by atoms with Gasteiger partial charge >= 0.3 is 0 Å². The van der Waals surface area contributed by atoms with E-state index < -0.39 is 0 Å². The standard InChI is InChI=1S/C11H17N7O/c1-13-11-16-9(7-6-15-18-10(7)17-11)14-5-3-2-4-8(12)19/h6H,2-5H2,1H3,(H2,12,19)(H3,13,14,15,16,17,18). The predicted molar refractivity (Wildman–Crippen MR) is 72.8 cm³/mol. The minimum absolute atomic E-state index is 0.267. The number of anilines is 2. The maximum Gasteiger partial charge on any atom is 0.226 e. The number of hydrogen-bond donors (Lipinski definition) is 4. The highest BCUT2D eigenvalue weighted by molar-refractivity contribution is 5.86. The van der Waals surface area contributed by atoms with Gasteiger partial charge in [0, 0.05) is 20.0 Å². The van der Waals surface area contributed by atoms with Crippen LogP contribution in [0.3, 0.4) is 0 Å². The van der Waals surface area contributed by atoms with Crippen LogP contribution in [0.4, 0.5) is 11.8 Å². The minimum Gasteiger partial charge on any atom is -0.370 e. The zero-order valence-electron chi connectivity index (χ0n) is 10.7. The van der Waals surface area contributed by atoms with Crippen LogP contribution in [0.1, 0.15) is 19.3 Å². The Kier molecular flexibility index (Phi) is 4.11. The summed E-state index contributed by atoms with van der Waals surface area (Å²) in [6, 6.07) is 0. The summed E-state index contributed by atoms with van der Waals surface area (Å²) in [4.78, 5) is 19.2. The van der Waals surface area contributed by atoms with Gasteiger partial charge in [-0.2, -0.15) is 15.1 Å². The van der Waals surface area contributed by atoms with Crippen molar-refractivity contribution in [3.63, 3.8) is 0 Å². The van der Waals surface area contributed by atoms with Crippen molar-refractivity contribution in [1.29, 1.82) is 0 Å². The zero-order valence-corrected chi connectivity index (χ0v) is 10.7. The lowest BCUT2D eigenvalue weighted by Gasteiger charge is -2.07. The molecule has 0 aromatic carbocycles. The molecule has 2 heterocycles. The molecule has 0 aliphatic rings. The number of nitrogens with one attached hydrogen (secondary N) is 3. The number of hydrogen-bond acceptors (Lipinski definition) is 6. The van der Waals surface area contributed by atoms with Crippen LogP contribution in [0.15, 0.2) is 6.20 Å². The van der Waals surface area contributed by atoms with Gasteiger partial charge in [-0.1, -0.05) is 0 Å². The summed E-state index contributed by atoms with van der Waals surface area (Å²) in [7, 11) is 1.76. The van der Waals surface area contributed by atoms with Crippen molar-refractivity contribution in [2.24, 2.45) is 5.73 Å². The molecule has 102 valence electrons. The molecule has 0 fully saturated rings. The highest BCUT2D eigenvalue weighted by Crippen LogP contribution is 2.19. The van der Waals surface area contributed by atoms with Crippen LogP contribution in [-0.2, 0) is 4.79 Å². The quantitative estimate of drug-likeness (QED) is 0.538. The smallest absolute Gasteiger partial charge is 0.226 e. The van der Waals surface area contributed by atoms with Gasteiger partial charge < -0.3 is 16.4 Å². The van der Waals surface area contributed by atoms with Crippen molar-refractivity contribution in [3.05, 3.63) is 6.20 Å². The number of nitrogens with two attached hydrogens (primary N) is 1. The van der Waals surface area contributed by atoms with Crippen molar-refractivity contribution in [3.8, 4) is 0 Å². The Bertz CT molecular complexity index is 565. The second-order valence-corrected chi connectivity index (χ2v) is 4.13. The molecular formula is C11H17N7O. The number of carbonyl (C=O) groups is 1. The molecule has 0 aliphatic carbocycles. The third-order valence-corrected chi connectivity index (χ3v) is 2.68. The number of primary amides is 1. The molecule has 0 saturated carbocycles. The first-order chi connectivity index (χ1) is 9.20. The van der Waals surface area contributed by atoms with Crippen LogP contribution in [0.5, 0.6) is 0 Å². The Morgan fingerprint density at radius 2 is 2.26 bits per heavy atom. The summed E-state index contributed by atoms with van der Waals surface area (Å²) in [6.45, 7) is 0.716. The third kappa shape index (κ3) is 3.30. The van der Waals surface area contributed by atoms with E-state index in [9.17, 15) is 4.79 Å². The van der Waals surface area contributed by atoms with Gasteiger partial charge in [0.2, 0.25) is 11.9 Å². The number of unbranched alkanes of at least 4 members (excludes halogenated alkanes) is 1. The van der Waals surface area contributed by atoms with E-state index in [1.54, 1.807) is 13.2 Å². The molecule has 5 N–H and O–H groups in total. The molecular weight excluding hydrogens is 246 g/mol. The molecule has 2 rings (SSSR count). The van der Waals surface area contributed by atoms with Crippen molar-refractivity contribution in [1.82, 2.24) is 20.2 Å². The van der Waals surface area contributed by atoms with E-state index >= 15 is 0 Å². The number of fused-ring (bicyclic) bond motifs is 1. The van der Waals surface area contributed by atoms with Crippen LogP contribution in [0.2, 0.25) is 0 Å². The highest BCUT2D eigenvalue weighted by atomic mass is 16.1. The number of H-pyrrole nitrogens is 1. The summed E-state index contributed by atoms with van der Waals surface area (Å²) in [5, 5.41) is 13.7. The maximum atomic E-state index is 10.6. The SMILES string of the molecule is CNc1nc(NCCCCC(N)=O)c2cn[nH]c2n1. The van der Waals surface area contributed by atoms with E-state index in [0.717, 1.165) is 24.0 Å². The Morgan fingerprint density at radius 3 is 3.00 bits per heavy atom. The third-order valence-electron chi connectivity index (χ3n) is 2.68. The van der Waals surface area contributed by atoms with Crippen molar-refractivity contribution < 1.29 is 4.79 Å². The number of nitrogens with zero attached hydrogens (tertiary/aromatic N) is 3. The van der Waals surface area contributed by atoms with Crippen molar-refractivity contribution >= 4 is 28.7 Å². The van der Waals surface area contributed by atoms with Crippen LogP contribution >= 0.6 is 0 Å². The maximum absolute atomic E-state index is 10.6. The summed E-state index contributed by atoms with van der Waals surface area (Å²) < 4.78 is 0. The lowest BCUT2D eigenvalue weighted by Crippen LogP contribution is -2.11. The first kappa shape index (κ1) is 13.1. The van der Waals surface area contributed by atoms with E-state index in [2.05, 4.69) is 30.8 Å². The van der Waals surface area contributed by atoms with Gasteiger partial charge in [0.15, 0.2) is 5.65 Å². The molecule has 0 atom stereocenters. The molecule has 0 aliphatic heterocycles. The Hall–Kier alpha value is -2.38. The van der Waals surface area contributed by atoms with Crippen molar-refractivity contribution in [2.45, 2.75) is 19.3 Å². The van der Waals surface area contributed by atoms with Crippen LogP contribution in [0, 0.1) is 0 Å². The topological polar surface area (TPSA) is 122 Å². The average Bonchev–Trinajstić information content (AvgIpc) is 2.85. The van der Waals surface area contributed by atoms with Gasteiger partial charge in [0.25, 0.3) is 0 Å². The minimum atomic E-state index is -0.267. The molecule has 19 heavy (non-hydrogen) atoms. The molecule has 0 bridgehead atoms. The molecule has 2 aromatic rings. The van der Waals surface area contributed by atoms with E-state index in [0.29, 0.717) is 24.6 Å². The van der Waals surface area contributed by atoms with Gasteiger partial charge in [0.1, 0.15) is 5.82 Å². The van der Waals surface area contributed by atoms with Gasteiger partial charge in [0.05, 0.1) is 11.6 Å². The first-order valence-electron chi connectivity index (χ1n) is 6.11. The van der Waals surface area contributed by atoms with Crippen LogP contribution < -0.4 is 16.4 Å². The lowest BCUT2D eigenvalue weighted by atomic mass is 10.2. The van der Waals surface area contributed by atoms with Gasteiger partial charge in [-0.3, -0.25) is 9.89 Å². The van der Waals surface area contributed by atoms with Gasteiger partial charge in [-0.25, -0.2) is 0 Å². The molecule has 0 spiro atoms. The highest BCUT2D eigenvalue weighted by Gasteiger charge is 2.08. The average molecular weight is 263 g/mol. The summed E-state index contributed by atoms with van der Waals surface area (Å²) >= 11 is 0. The summed E-state index contributed by atoms with van der Waals surface area (Å²) in [5.41, 5.74) is 5.76. The zero-order chi connectivity index (χ0) is 13.7. The summed E-state index contributed by atoms with van der Waals surface area (Å²) in [5.74, 6) is 0.982. The van der Waals surface area contributed by atoms with E-state index in [4.69, 9.17) is 5.73 Å². The number of aromatic nitrogens is 4. The van der Waals surface area contributed by atoms with Crippen LogP contribution in [0.25, 0.3) is 11.0 Å². The van der Waals surface area contributed by atoms with E-state index in [-0.39, 0.29) is 5.91 Å². The largest absolute Gasteiger partial charge is 0.370 e. The normalized spacial score (nSPS) is 10.6. The second kappa shape index (κ2) is 5.98. The number of amides is 1. The molecule has 0 radical (unpaired) electrons. The lowest BCUT2D eigenvalue weighted by molar-refractivity contribution is -0.118. The van der Waals surface area contributed by atoms with Gasteiger partial charge in [-0.05, 0) is 12.8 Å². The first-order valence-corrected chi connectivity index (χ1v) is 6.11. The Labute approximate surface area is 110 Å². The molecule has 0 unspecified atom stereocenters. The predicted octanol–water partition coefficient (Wildman–Crippen LogP) is 0.462. The second-order valence-electron chi connectivity index (χ2n) is 4.13. The van der Waals surface area contributed by atoms with Crippen LogP contribution in [-0.4, -0.2) is 39.7 Å². The van der Waals surface area contributed by atoms with E-state index in [1.165, 1.54) is 0 Å². The number of carbonyl (C=O) groups excluding carboxylic acids is 1.